The molecule has 0 amide bonds. The molecule has 0 unspecified atom stereocenters. The zero-order valence-corrected chi connectivity index (χ0v) is 14.9. The Morgan fingerprint density at radius 3 is 1.87 bits per heavy atom. The zero-order chi connectivity index (χ0) is 16.4. The fraction of sp³-hybridized carbons (Fsp3) is 0. The standard InChI is InChI=1S/C17H10Br2N2O2/c18-13-7-3-1-5-10(13)16(22)12-9-20-21-15(12)17(23)11-6-2-4-8-14(11)19/h1-9H,(H,20,21). The first-order chi connectivity index (χ1) is 11.1. The Hall–Kier alpha value is -2.05. The van der Waals surface area contributed by atoms with Gasteiger partial charge in [-0.3, -0.25) is 14.7 Å². The highest BCUT2D eigenvalue weighted by atomic mass is 79.9. The topological polar surface area (TPSA) is 62.8 Å². The Morgan fingerprint density at radius 2 is 1.30 bits per heavy atom. The Labute approximate surface area is 149 Å². The molecule has 0 atom stereocenters. The molecular formula is C17H10Br2N2O2. The van der Waals surface area contributed by atoms with Crippen LogP contribution in [-0.4, -0.2) is 21.8 Å². The minimum absolute atomic E-state index is 0.109. The van der Waals surface area contributed by atoms with Crippen molar-refractivity contribution in [3.05, 3.63) is 86.1 Å². The molecule has 2 aromatic carbocycles. The first-order valence-electron chi connectivity index (χ1n) is 6.72. The molecule has 0 bridgehead atoms. The van der Waals surface area contributed by atoms with E-state index in [9.17, 15) is 9.59 Å². The van der Waals surface area contributed by atoms with Crippen LogP contribution in [0.2, 0.25) is 0 Å². The number of halogens is 2. The normalized spacial score (nSPS) is 10.5. The van der Waals surface area contributed by atoms with E-state index in [4.69, 9.17) is 0 Å². The lowest BCUT2D eigenvalue weighted by atomic mass is 9.99. The molecule has 4 nitrogen and oxygen atoms in total. The number of ketones is 2. The van der Waals surface area contributed by atoms with E-state index in [2.05, 4.69) is 42.1 Å². The van der Waals surface area contributed by atoms with Crippen LogP contribution in [0, 0.1) is 0 Å². The molecule has 0 radical (unpaired) electrons. The van der Waals surface area contributed by atoms with Gasteiger partial charge in [-0.25, -0.2) is 0 Å². The second-order valence-corrected chi connectivity index (χ2v) is 6.47. The first kappa shape index (κ1) is 15.8. The maximum absolute atomic E-state index is 12.7. The van der Waals surface area contributed by atoms with Crippen LogP contribution in [0.3, 0.4) is 0 Å². The summed E-state index contributed by atoms with van der Waals surface area (Å²) in [5.74, 6) is -0.573. The van der Waals surface area contributed by atoms with Gasteiger partial charge >= 0.3 is 0 Å². The van der Waals surface area contributed by atoms with Crippen LogP contribution >= 0.6 is 31.9 Å². The number of nitrogens with one attached hydrogen (secondary N) is 1. The number of carbonyl (C=O) groups excluding carboxylic acids is 2. The minimum Gasteiger partial charge on any atom is -0.288 e. The fourth-order valence-corrected chi connectivity index (χ4v) is 3.13. The Kier molecular flexibility index (Phi) is 4.54. The summed E-state index contributed by atoms with van der Waals surface area (Å²) in [6.07, 6.45) is 1.45. The predicted octanol–water partition coefficient (Wildman–Crippen LogP) is 4.40. The van der Waals surface area contributed by atoms with Gasteiger partial charge in [0.25, 0.3) is 0 Å². The molecule has 3 aromatic rings. The minimum atomic E-state index is -0.311. The monoisotopic (exact) mass is 432 g/mol. The lowest BCUT2D eigenvalue weighted by Crippen LogP contribution is -2.11. The van der Waals surface area contributed by atoms with Gasteiger partial charge in [0, 0.05) is 26.3 Å². The Bertz CT molecular complexity index is 831. The lowest BCUT2D eigenvalue weighted by Gasteiger charge is -2.05. The van der Waals surface area contributed by atoms with Crippen LogP contribution in [0.25, 0.3) is 0 Å². The molecule has 1 heterocycles. The first-order valence-corrected chi connectivity index (χ1v) is 8.30. The summed E-state index contributed by atoms with van der Waals surface area (Å²) in [4.78, 5) is 25.4. The van der Waals surface area contributed by atoms with Crippen molar-refractivity contribution in [2.45, 2.75) is 0 Å². The van der Waals surface area contributed by atoms with Gasteiger partial charge < -0.3 is 0 Å². The second kappa shape index (κ2) is 6.60. The molecule has 3 rings (SSSR count). The van der Waals surface area contributed by atoms with Crippen LogP contribution in [0.4, 0.5) is 0 Å². The molecule has 0 aliphatic rings. The molecular weight excluding hydrogens is 424 g/mol. The van der Waals surface area contributed by atoms with Crippen molar-refractivity contribution in [1.29, 1.82) is 0 Å². The fourth-order valence-electron chi connectivity index (χ4n) is 2.20. The van der Waals surface area contributed by atoms with Gasteiger partial charge in [-0.2, -0.15) is 5.10 Å². The Balaban J connectivity index is 2.04. The largest absolute Gasteiger partial charge is 0.288 e. The van der Waals surface area contributed by atoms with Crippen LogP contribution in [0.15, 0.2) is 63.7 Å². The van der Waals surface area contributed by atoms with E-state index in [0.717, 1.165) is 0 Å². The molecule has 0 saturated carbocycles. The molecule has 0 saturated heterocycles. The number of benzene rings is 2. The molecule has 0 aliphatic heterocycles. The van der Waals surface area contributed by atoms with E-state index < -0.39 is 0 Å². The smallest absolute Gasteiger partial charge is 0.215 e. The summed E-state index contributed by atoms with van der Waals surface area (Å²) in [5.41, 5.74) is 1.30. The summed E-state index contributed by atoms with van der Waals surface area (Å²) in [6, 6.07) is 14.1. The van der Waals surface area contributed by atoms with E-state index in [1.165, 1.54) is 6.20 Å². The van der Waals surface area contributed by atoms with E-state index in [0.29, 0.717) is 20.1 Å². The Morgan fingerprint density at radius 1 is 0.783 bits per heavy atom. The number of nitrogens with zero attached hydrogens (tertiary/aromatic N) is 1. The maximum Gasteiger partial charge on any atom is 0.215 e. The quantitative estimate of drug-likeness (QED) is 0.620. The summed E-state index contributed by atoms with van der Waals surface area (Å²) in [7, 11) is 0. The number of aromatic amines is 1. The van der Waals surface area contributed by atoms with Gasteiger partial charge in [0.05, 0.1) is 5.56 Å². The molecule has 6 heteroatoms. The van der Waals surface area contributed by atoms with Crippen molar-refractivity contribution >= 4 is 43.4 Å². The third-order valence-corrected chi connectivity index (χ3v) is 4.72. The van der Waals surface area contributed by atoms with Crippen molar-refractivity contribution in [3.63, 3.8) is 0 Å². The van der Waals surface area contributed by atoms with Crippen molar-refractivity contribution in [1.82, 2.24) is 10.2 Å². The van der Waals surface area contributed by atoms with Gasteiger partial charge in [-0.1, -0.05) is 56.1 Å². The van der Waals surface area contributed by atoms with E-state index >= 15 is 0 Å². The van der Waals surface area contributed by atoms with E-state index in [-0.39, 0.29) is 22.8 Å². The van der Waals surface area contributed by atoms with E-state index in [1.54, 1.807) is 36.4 Å². The van der Waals surface area contributed by atoms with Crippen LogP contribution in [0.5, 0.6) is 0 Å². The SMILES string of the molecule is O=C(c1ccccc1Br)c1c[nH]nc1C(=O)c1ccccc1Br. The van der Waals surface area contributed by atoms with Gasteiger partial charge in [0.2, 0.25) is 5.78 Å². The molecule has 1 aromatic heterocycles. The van der Waals surface area contributed by atoms with E-state index in [1.807, 2.05) is 12.1 Å². The highest BCUT2D eigenvalue weighted by Gasteiger charge is 2.24. The van der Waals surface area contributed by atoms with Gasteiger partial charge in [-0.05, 0) is 24.3 Å². The number of H-pyrrole nitrogens is 1. The predicted molar refractivity (Wildman–Crippen MR) is 93.7 cm³/mol. The summed E-state index contributed by atoms with van der Waals surface area (Å²) in [6.45, 7) is 0. The number of hydrogen-bond acceptors (Lipinski definition) is 3. The van der Waals surface area contributed by atoms with Gasteiger partial charge in [0.1, 0.15) is 5.69 Å². The lowest BCUT2D eigenvalue weighted by molar-refractivity contribution is 0.100. The highest BCUT2D eigenvalue weighted by molar-refractivity contribution is 9.10. The molecule has 114 valence electrons. The summed E-state index contributed by atoms with van der Waals surface area (Å²) in [5, 5.41) is 6.59. The molecule has 0 spiro atoms. The van der Waals surface area contributed by atoms with Crippen molar-refractivity contribution in [3.8, 4) is 0 Å². The number of rotatable bonds is 4. The number of carbonyl (C=O) groups is 2. The average molecular weight is 434 g/mol. The van der Waals surface area contributed by atoms with Gasteiger partial charge in [0.15, 0.2) is 5.78 Å². The maximum atomic E-state index is 12.7. The van der Waals surface area contributed by atoms with Crippen LogP contribution < -0.4 is 0 Å². The summed E-state index contributed by atoms with van der Waals surface area (Å²) >= 11 is 6.71. The van der Waals surface area contributed by atoms with Crippen molar-refractivity contribution in [2.24, 2.45) is 0 Å². The summed E-state index contributed by atoms with van der Waals surface area (Å²) < 4.78 is 1.33. The molecule has 0 fully saturated rings. The third-order valence-electron chi connectivity index (χ3n) is 3.34. The molecule has 0 aliphatic carbocycles. The average Bonchev–Trinajstić information content (AvgIpc) is 3.04. The van der Waals surface area contributed by atoms with Gasteiger partial charge in [-0.15, -0.1) is 0 Å². The zero-order valence-electron chi connectivity index (χ0n) is 11.7. The molecule has 23 heavy (non-hydrogen) atoms. The molecule has 1 N–H and O–H groups in total. The number of aromatic nitrogens is 2. The van der Waals surface area contributed by atoms with Crippen molar-refractivity contribution in [2.75, 3.05) is 0 Å². The second-order valence-electron chi connectivity index (χ2n) is 4.77. The third kappa shape index (κ3) is 3.04. The van der Waals surface area contributed by atoms with Crippen LogP contribution in [0.1, 0.15) is 32.0 Å². The number of hydrogen-bond donors (Lipinski definition) is 1. The highest BCUT2D eigenvalue weighted by Crippen LogP contribution is 2.24. The van der Waals surface area contributed by atoms with Crippen LogP contribution in [-0.2, 0) is 0 Å². The van der Waals surface area contributed by atoms with Crippen molar-refractivity contribution < 1.29 is 9.59 Å².